The van der Waals surface area contributed by atoms with E-state index in [2.05, 4.69) is 20.9 Å². The molecule has 1 amide bonds. The highest BCUT2D eigenvalue weighted by molar-refractivity contribution is 9.11. The molecule has 0 aliphatic heterocycles. The molecule has 0 bridgehead atoms. The Morgan fingerprint density at radius 2 is 2.21 bits per heavy atom. The third-order valence-electron chi connectivity index (χ3n) is 2.33. The lowest BCUT2D eigenvalue weighted by atomic mass is 10.3. The molecular formula is C11H13BrClN3OS2. The molecule has 0 unspecified atom stereocenters. The molecule has 0 saturated heterocycles. The lowest BCUT2D eigenvalue weighted by Crippen LogP contribution is -2.26. The normalized spacial score (nSPS) is 10.1. The van der Waals surface area contributed by atoms with Gasteiger partial charge in [-0.3, -0.25) is 4.79 Å². The smallest absolute Gasteiger partial charge is 0.273 e. The maximum Gasteiger partial charge on any atom is 0.273 e. The van der Waals surface area contributed by atoms with E-state index in [0.717, 1.165) is 14.4 Å². The van der Waals surface area contributed by atoms with Gasteiger partial charge in [0.1, 0.15) is 10.7 Å². The zero-order chi connectivity index (χ0) is 13.1. The van der Waals surface area contributed by atoms with E-state index < -0.39 is 0 Å². The summed E-state index contributed by atoms with van der Waals surface area (Å²) in [6.07, 6.45) is 0. The molecule has 0 atom stereocenters. The van der Waals surface area contributed by atoms with Gasteiger partial charge in [0, 0.05) is 25.5 Å². The summed E-state index contributed by atoms with van der Waals surface area (Å²) in [4.78, 5) is 18.0. The predicted octanol–water partition coefficient (Wildman–Crippen LogP) is 3.12. The predicted molar refractivity (Wildman–Crippen MR) is 85.1 cm³/mol. The van der Waals surface area contributed by atoms with Gasteiger partial charge in [-0.1, -0.05) is 0 Å². The van der Waals surface area contributed by atoms with Crippen LogP contribution in [-0.2, 0) is 13.1 Å². The highest BCUT2D eigenvalue weighted by Crippen LogP contribution is 2.22. The van der Waals surface area contributed by atoms with E-state index in [1.807, 2.05) is 11.4 Å². The molecule has 0 saturated carbocycles. The number of nitrogens with two attached hydrogens (primary N) is 1. The van der Waals surface area contributed by atoms with Gasteiger partial charge in [-0.05, 0) is 32.9 Å². The van der Waals surface area contributed by atoms with Crippen molar-refractivity contribution in [1.82, 2.24) is 9.88 Å². The Balaban J connectivity index is 0.00000180. The Hall–Kier alpha value is -0.470. The maximum atomic E-state index is 12.1. The fourth-order valence-electron chi connectivity index (χ4n) is 1.47. The average Bonchev–Trinajstić information content (AvgIpc) is 2.97. The Bertz CT molecular complexity index is 558. The zero-order valence-corrected chi connectivity index (χ0v) is 14.2. The van der Waals surface area contributed by atoms with Gasteiger partial charge in [-0.2, -0.15) is 0 Å². The van der Waals surface area contributed by atoms with Crippen molar-refractivity contribution in [1.29, 1.82) is 0 Å². The Labute approximate surface area is 134 Å². The molecule has 8 heteroatoms. The SMILES string of the molecule is CN(Cc1csc(Br)c1)C(=O)c1csc(CN)n1.Cl. The number of nitrogens with zero attached hydrogens (tertiary/aromatic N) is 2. The number of carbonyl (C=O) groups excluding carboxylic acids is 1. The van der Waals surface area contributed by atoms with Gasteiger partial charge in [0.25, 0.3) is 5.91 Å². The van der Waals surface area contributed by atoms with Crippen molar-refractivity contribution in [3.63, 3.8) is 0 Å². The van der Waals surface area contributed by atoms with Crippen LogP contribution in [0.15, 0.2) is 20.6 Å². The van der Waals surface area contributed by atoms with Gasteiger partial charge >= 0.3 is 0 Å². The summed E-state index contributed by atoms with van der Waals surface area (Å²) in [6, 6.07) is 2.01. The monoisotopic (exact) mass is 381 g/mol. The molecule has 0 aliphatic rings. The highest BCUT2D eigenvalue weighted by Gasteiger charge is 2.15. The van der Waals surface area contributed by atoms with E-state index in [4.69, 9.17) is 5.73 Å². The molecule has 0 aromatic carbocycles. The first kappa shape index (κ1) is 16.6. The van der Waals surface area contributed by atoms with Crippen LogP contribution >= 0.6 is 51.0 Å². The fraction of sp³-hybridized carbons (Fsp3) is 0.273. The second kappa shape index (κ2) is 7.35. The van der Waals surface area contributed by atoms with Crippen molar-refractivity contribution >= 4 is 56.9 Å². The van der Waals surface area contributed by atoms with Crippen LogP contribution in [0.5, 0.6) is 0 Å². The highest BCUT2D eigenvalue weighted by atomic mass is 79.9. The molecule has 2 rings (SSSR count). The van der Waals surface area contributed by atoms with Crippen LogP contribution in [0.3, 0.4) is 0 Å². The van der Waals surface area contributed by atoms with E-state index in [-0.39, 0.29) is 18.3 Å². The minimum absolute atomic E-state index is 0. The van der Waals surface area contributed by atoms with Crippen molar-refractivity contribution in [3.8, 4) is 0 Å². The number of hydrogen-bond acceptors (Lipinski definition) is 5. The van der Waals surface area contributed by atoms with Crippen LogP contribution in [0, 0.1) is 0 Å². The van der Waals surface area contributed by atoms with Crippen molar-refractivity contribution in [2.75, 3.05) is 7.05 Å². The summed E-state index contributed by atoms with van der Waals surface area (Å²) >= 11 is 6.43. The van der Waals surface area contributed by atoms with E-state index in [9.17, 15) is 4.79 Å². The molecule has 4 nitrogen and oxygen atoms in total. The van der Waals surface area contributed by atoms with Crippen LogP contribution in [0.1, 0.15) is 21.1 Å². The van der Waals surface area contributed by atoms with E-state index >= 15 is 0 Å². The van der Waals surface area contributed by atoms with Crippen LogP contribution < -0.4 is 5.73 Å². The van der Waals surface area contributed by atoms with Gasteiger partial charge in [-0.15, -0.1) is 35.1 Å². The summed E-state index contributed by atoms with van der Waals surface area (Å²) in [7, 11) is 1.77. The number of aromatic nitrogens is 1. The van der Waals surface area contributed by atoms with Crippen LogP contribution in [0.25, 0.3) is 0 Å². The topological polar surface area (TPSA) is 59.2 Å². The van der Waals surface area contributed by atoms with E-state index in [1.165, 1.54) is 11.3 Å². The standard InChI is InChI=1S/C11H12BrN3OS2.ClH/c1-15(4-7-2-9(12)17-5-7)11(16)8-6-18-10(3-13)14-8;/h2,5-6H,3-4,13H2,1H3;1H. The molecule has 2 aromatic rings. The van der Waals surface area contributed by atoms with Crippen molar-refractivity contribution in [3.05, 3.63) is 36.9 Å². The molecule has 104 valence electrons. The molecule has 2 aromatic heterocycles. The Morgan fingerprint density at radius 3 is 2.74 bits per heavy atom. The van der Waals surface area contributed by atoms with Crippen molar-refractivity contribution in [2.24, 2.45) is 5.73 Å². The Morgan fingerprint density at radius 1 is 1.47 bits per heavy atom. The third kappa shape index (κ3) is 4.25. The number of amides is 1. The average molecular weight is 383 g/mol. The van der Waals surface area contributed by atoms with Gasteiger partial charge in [-0.25, -0.2) is 4.98 Å². The largest absolute Gasteiger partial charge is 0.336 e. The van der Waals surface area contributed by atoms with E-state index in [1.54, 1.807) is 28.7 Å². The van der Waals surface area contributed by atoms with Crippen molar-refractivity contribution < 1.29 is 4.79 Å². The minimum atomic E-state index is -0.0757. The molecule has 2 N–H and O–H groups in total. The quantitative estimate of drug-likeness (QED) is 0.884. The molecule has 0 spiro atoms. The molecule has 0 aliphatic carbocycles. The van der Waals surface area contributed by atoms with Gasteiger partial charge < -0.3 is 10.6 Å². The number of thiophene rings is 1. The van der Waals surface area contributed by atoms with E-state index in [0.29, 0.717) is 18.8 Å². The first-order valence-electron chi connectivity index (χ1n) is 5.23. The van der Waals surface area contributed by atoms with Crippen molar-refractivity contribution in [2.45, 2.75) is 13.1 Å². The number of rotatable bonds is 4. The van der Waals surface area contributed by atoms with Crippen LogP contribution in [0.4, 0.5) is 0 Å². The third-order valence-corrected chi connectivity index (χ3v) is 4.76. The van der Waals surface area contributed by atoms with Gasteiger partial charge in [0.2, 0.25) is 0 Å². The summed E-state index contributed by atoms with van der Waals surface area (Å²) in [5.41, 5.74) is 7.06. The van der Waals surface area contributed by atoms with Crippen LogP contribution in [0.2, 0.25) is 0 Å². The lowest BCUT2D eigenvalue weighted by molar-refractivity contribution is 0.0780. The minimum Gasteiger partial charge on any atom is -0.336 e. The second-order valence-corrected chi connectivity index (χ2v) is 6.98. The number of thiazole rings is 1. The number of hydrogen-bond donors (Lipinski definition) is 1. The first-order chi connectivity index (χ1) is 8.60. The molecular weight excluding hydrogens is 370 g/mol. The Kier molecular flexibility index (Phi) is 6.41. The zero-order valence-electron chi connectivity index (χ0n) is 10.1. The van der Waals surface area contributed by atoms with Crippen LogP contribution in [-0.4, -0.2) is 22.8 Å². The van der Waals surface area contributed by atoms with Gasteiger partial charge in [0.15, 0.2) is 0 Å². The summed E-state index contributed by atoms with van der Waals surface area (Å²) in [5, 5.41) is 4.56. The van der Waals surface area contributed by atoms with Gasteiger partial charge in [0.05, 0.1) is 3.79 Å². The summed E-state index contributed by atoms with van der Waals surface area (Å²) < 4.78 is 1.07. The molecule has 0 fully saturated rings. The fourth-order valence-corrected chi connectivity index (χ4v) is 3.32. The second-order valence-electron chi connectivity index (χ2n) is 3.75. The first-order valence-corrected chi connectivity index (χ1v) is 7.78. The summed E-state index contributed by atoms with van der Waals surface area (Å²) in [6.45, 7) is 0.954. The molecule has 2 heterocycles. The number of halogens is 2. The molecule has 19 heavy (non-hydrogen) atoms. The molecule has 0 radical (unpaired) electrons. The lowest BCUT2D eigenvalue weighted by Gasteiger charge is -2.14. The number of carbonyl (C=O) groups is 1. The summed E-state index contributed by atoms with van der Waals surface area (Å²) in [5.74, 6) is -0.0757. The maximum absolute atomic E-state index is 12.1.